The summed E-state index contributed by atoms with van der Waals surface area (Å²) in [5.41, 5.74) is 2.00. The van der Waals surface area contributed by atoms with Crippen molar-refractivity contribution in [3.63, 3.8) is 0 Å². The van der Waals surface area contributed by atoms with E-state index in [1.54, 1.807) is 0 Å². The summed E-state index contributed by atoms with van der Waals surface area (Å²) < 4.78 is 5.66. The number of benzene rings is 3. The van der Waals surface area contributed by atoms with Gasteiger partial charge in [0, 0.05) is 0 Å². The lowest BCUT2D eigenvalue weighted by atomic mass is 9.76. The smallest absolute Gasteiger partial charge is 0.321 e. The maximum atomic E-state index is 13.0. The van der Waals surface area contributed by atoms with Crippen LogP contribution in [0.25, 0.3) is 0 Å². The van der Waals surface area contributed by atoms with Gasteiger partial charge in [-0.25, -0.2) is 0 Å². The van der Waals surface area contributed by atoms with Crippen molar-refractivity contribution in [2.45, 2.75) is 18.9 Å². The van der Waals surface area contributed by atoms with E-state index in [0.717, 1.165) is 16.7 Å². The van der Waals surface area contributed by atoms with E-state index in [1.165, 1.54) is 0 Å². The van der Waals surface area contributed by atoms with Gasteiger partial charge in [0.25, 0.3) is 0 Å². The average molecular weight is 316 g/mol. The van der Waals surface area contributed by atoms with Crippen LogP contribution in [0.2, 0.25) is 0 Å². The van der Waals surface area contributed by atoms with Crippen molar-refractivity contribution >= 4 is 5.97 Å². The first-order valence-corrected chi connectivity index (χ1v) is 8.03. The van der Waals surface area contributed by atoms with E-state index >= 15 is 0 Å². The molecule has 0 aliphatic carbocycles. The maximum absolute atomic E-state index is 13.0. The summed E-state index contributed by atoms with van der Waals surface area (Å²) in [4.78, 5) is 13.0. The molecule has 0 fully saturated rings. The van der Waals surface area contributed by atoms with Crippen LogP contribution in [-0.4, -0.2) is 5.97 Å². The van der Waals surface area contributed by atoms with Crippen LogP contribution in [0.15, 0.2) is 91.0 Å². The number of hydrogen-bond acceptors (Lipinski definition) is 2. The fraction of sp³-hybridized carbons (Fsp3) is 0.136. The molecule has 0 heterocycles. The van der Waals surface area contributed by atoms with Gasteiger partial charge in [0.2, 0.25) is 0 Å². The second-order valence-corrected chi connectivity index (χ2v) is 5.92. The van der Waals surface area contributed by atoms with Crippen LogP contribution in [-0.2, 0) is 21.6 Å². The molecule has 0 aliphatic heterocycles. The minimum absolute atomic E-state index is 0.247. The van der Waals surface area contributed by atoms with Crippen LogP contribution in [0.1, 0.15) is 23.6 Å². The molecular weight excluding hydrogens is 296 g/mol. The monoisotopic (exact) mass is 316 g/mol. The lowest BCUT2D eigenvalue weighted by molar-refractivity contribution is -0.149. The van der Waals surface area contributed by atoms with E-state index in [9.17, 15) is 4.79 Å². The minimum atomic E-state index is -0.836. The van der Waals surface area contributed by atoms with E-state index in [2.05, 4.69) is 0 Å². The summed E-state index contributed by atoms with van der Waals surface area (Å²) in [6, 6.07) is 29.3. The Labute approximate surface area is 142 Å². The number of ether oxygens (including phenoxy) is 1. The number of hydrogen-bond donors (Lipinski definition) is 0. The van der Waals surface area contributed by atoms with E-state index in [-0.39, 0.29) is 12.6 Å². The van der Waals surface area contributed by atoms with Gasteiger partial charge in [-0.3, -0.25) is 4.79 Å². The van der Waals surface area contributed by atoms with E-state index in [1.807, 2.05) is 97.9 Å². The van der Waals surface area contributed by atoms with Crippen molar-refractivity contribution in [2.24, 2.45) is 0 Å². The van der Waals surface area contributed by atoms with Crippen LogP contribution in [0.3, 0.4) is 0 Å². The second-order valence-electron chi connectivity index (χ2n) is 5.92. The second kappa shape index (κ2) is 7.14. The van der Waals surface area contributed by atoms with E-state index < -0.39 is 5.41 Å². The molecule has 0 atom stereocenters. The number of carbonyl (C=O) groups excluding carboxylic acids is 1. The van der Waals surface area contributed by atoms with Gasteiger partial charge in [-0.15, -0.1) is 0 Å². The highest BCUT2D eigenvalue weighted by Crippen LogP contribution is 2.33. The third-order valence-electron chi connectivity index (χ3n) is 4.32. The zero-order valence-corrected chi connectivity index (χ0v) is 13.7. The van der Waals surface area contributed by atoms with E-state index in [4.69, 9.17) is 4.74 Å². The van der Waals surface area contributed by atoms with Gasteiger partial charge in [0.1, 0.15) is 12.0 Å². The molecule has 0 N–H and O–H groups in total. The molecule has 0 spiro atoms. The third-order valence-corrected chi connectivity index (χ3v) is 4.32. The first-order valence-electron chi connectivity index (χ1n) is 8.03. The molecule has 2 nitrogen and oxygen atoms in total. The van der Waals surface area contributed by atoms with Gasteiger partial charge >= 0.3 is 5.97 Å². The molecule has 0 saturated heterocycles. The predicted octanol–water partition coefficient (Wildman–Crippen LogP) is 4.74. The van der Waals surface area contributed by atoms with Crippen LogP contribution in [0.4, 0.5) is 0 Å². The Bertz CT molecular complexity index is 740. The number of rotatable bonds is 5. The molecule has 24 heavy (non-hydrogen) atoms. The normalized spacial score (nSPS) is 11.0. The van der Waals surface area contributed by atoms with Gasteiger partial charge in [-0.1, -0.05) is 91.0 Å². The zero-order chi connectivity index (χ0) is 16.8. The predicted molar refractivity (Wildman–Crippen MR) is 95.6 cm³/mol. The standard InChI is InChI=1S/C22H20O2/c1-22(19-13-7-3-8-14-19,20-15-9-4-10-16-20)21(23)24-17-18-11-5-2-6-12-18/h2-16H,17H2,1H3. The van der Waals surface area contributed by atoms with Crippen molar-refractivity contribution in [3.05, 3.63) is 108 Å². The summed E-state index contributed by atoms with van der Waals surface area (Å²) in [6.45, 7) is 2.19. The summed E-state index contributed by atoms with van der Waals surface area (Å²) in [5.74, 6) is -0.247. The highest BCUT2D eigenvalue weighted by atomic mass is 16.5. The maximum Gasteiger partial charge on any atom is 0.321 e. The lowest BCUT2D eigenvalue weighted by Crippen LogP contribution is -2.35. The Morgan fingerprint density at radius 2 is 1.17 bits per heavy atom. The Hall–Kier alpha value is -2.87. The topological polar surface area (TPSA) is 26.3 Å². The Morgan fingerprint density at radius 1 is 0.750 bits per heavy atom. The fourth-order valence-electron chi connectivity index (χ4n) is 2.81. The Morgan fingerprint density at radius 3 is 1.62 bits per heavy atom. The zero-order valence-electron chi connectivity index (χ0n) is 13.7. The molecule has 120 valence electrons. The summed E-state index contributed by atoms with van der Waals surface area (Å²) >= 11 is 0. The fourth-order valence-corrected chi connectivity index (χ4v) is 2.81. The Balaban J connectivity index is 1.92. The van der Waals surface area contributed by atoms with Crippen molar-refractivity contribution in [1.82, 2.24) is 0 Å². The third kappa shape index (κ3) is 3.23. The van der Waals surface area contributed by atoms with Gasteiger partial charge < -0.3 is 4.74 Å². The summed E-state index contributed by atoms with van der Waals surface area (Å²) in [6.07, 6.45) is 0. The number of carbonyl (C=O) groups is 1. The molecule has 0 amide bonds. The van der Waals surface area contributed by atoms with Crippen molar-refractivity contribution < 1.29 is 9.53 Å². The molecule has 0 aromatic heterocycles. The minimum Gasteiger partial charge on any atom is -0.460 e. The molecule has 0 saturated carbocycles. The van der Waals surface area contributed by atoms with Crippen molar-refractivity contribution in [1.29, 1.82) is 0 Å². The number of esters is 1. The molecule has 0 unspecified atom stereocenters. The van der Waals surface area contributed by atoms with Crippen LogP contribution < -0.4 is 0 Å². The van der Waals surface area contributed by atoms with Gasteiger partial charge in [0.05, 0.1) is 0 Å². The van der Waals surface area contributed by atoms with Gasteiger partial charge in [-0.05, 0) is 23.6 Å². The van der Waals surface area contributed by atoms with Gasteiger partial charge in [-0.2, -0.15) is 0 Å². The highest BCUT2D eigenvalue weighted by Gasteiger charge is 2.38. The Kier molecular flexibility index (Phi) is 4.76. The molecular formula is C22H20O2. The lowest BCUT2D eigenvalue weighted by Gasteiger charge is -2.28. The molecule has 3 aromatic rings. The molecule has 0 radical (unpaired) electrons. The first-order chi connectivity index (χ1) is 11.7. The van der Waals surface area contributed by atoms with Crippen LogP contribution in [0, 0.1) is 0 Å². The first kappa shape index (κ1) is 16.0. The van der Waals surface area contributed by atoms with Gasteiger partial charge in [0.15, 0.2) is 0 Å². The van der Waals surface area contributed by atoms with Crippen molar-refractivity contribution in [2.75, 3.05) is 0 Å². The quantitative estimate of drug-likeness (QED) is 0.636. The van der Waals surface area contributed by atoms with Crippen molar-refractivity contribution in [3.8, 4) is 0 Å². The highest BCUT2D eigenvalue weighted by molar-refractivity contribution is 5.87. The largest absolute Gasteiger partial charge is 0.460 e. The van der Waals surface area contributed by atoms with Crippen LogP contribution >= 0.6 is 0 Å². The molecule has 3 aromatic carbocycles. The van der Waals surface area contributed by atoms with Crippen LogP contribution in [0.5, 0.6) is 0 Å². The molecule has 2 heteroatoms. The summed E-state index contributed by atoms with van der Waals surface area (Å²) in [7, 11) is 0. The average Bonchev–Trinajstić information content (AvgIpc) is 2.67. The molecule has 0 bridgehead atoms. The SMILES string of the molecule is CC(C(=O)OCc1ccccc1)(c1ccccc1)c1ccccc1. The molecule has 0 aliphatic rings. The molecule has 3 rings (SSSR count). The summed E-state index contributed by atoms with van der Waals surface area (Å²) in [5, 5.41) is 0. The van der Waals surface area contributed by atoms with E-state index in [0.29, 0.717) is 0 Å².